The van der Waals surface area contributed by atoms with Crippen molar-refractivity contribution < 1.29 is 13.7 Å². The summed E-state index contributed by atoms with van der Waals surface area (Å²) < 4.78 is 17.9. The molecule has 7 heteroatoms. The van der Waals surface area contributed by atoms with Gasteiger partial charge in [-0.15, -0.1) is 0 Å². The number of likely N-dealkylation sites (tertiary alicyclic amines) is 1. The first-order valence-electron chi connectivity index (χ1n) is 7.55. The first kappa shape index (κ1) is 17.4. The van der Waals surface area contributed by atoms with Gasteiger partial charge in [-0.05, 0) is 45.7 Å². The summed E-state index contributed by atoms with van der Waals surface area (Å²) >= 11 is 0. The monoisotopic (exact) mass is 335 g/mol. The van der Waals surface area contributed by atoms with Crippen LogP contribution in [0.15, 0.2) is 23.4 Å². The third kappa shape index (κ3) is 4.76. The van der Waals surface area contributed by atoms with E-state index < -0.39 is 16.4 Å². The molecule has 1 aliphatic heterocycles. The Balaban J connectivity index is 1.95. The number of ether oxygens (including phenoxy) is 1. The van der Waals surface area contributed by atoms with Gasteiger partial charge in [0, 0.05) is 24.5 Å². The van der Waals surface area contributed by atoms with E-state index in [1.165, 1.54) is 6.20 Å². The van der Waals surface area contributed by atoms with E-state index >= 15 is 0 Å². The summed E-state index contributed by atoms with van der Waals surface area (Å²) in [4.78, 5) is 17.8. The molecule has 0 aliphatic carbocycles. The molecule has 1 saturated heterocycles. The minimum atomic E-state index is -1.27. The molecule has 124 valence electrons. The maximum Gasteiger partial charge on any atom is 0.410 e. The van der Waals surface area contributed by atoms with Crippen LogP contribution in [0.3, 0.4) is 0 Å². The van der Waals surface area contributed by atoms with Gasteiger partial charge in [0.05, 0.1) is 22.4 Å². The van der Waals surface area contributed by atoms with Crippen LogP contribution in [0.4, 0.5) is 4.79 Å². The van der Waals surface area contributed by atoms with Crippen LogP contribution >= 0.6 is 0 Å². The zero-order valence-corrected chi connectivity index (χ0v) is 14.4. The van der Waals surface area contributed by atoms with Crippen molar-refractivity contribution in [1.29, 1.82) is 5.26 Å². The van der Waals surface area contributed by atoms with E-state index in [0.717, 1.165) is 0 Å². The predicted octanol–water partition coefficient (Wildman–Crippen LogP) is 2.46. The summed E-state index contributed by atoms with van der Waals surface area (Å²) in [5, 5.41) is 9.28. The van der Waals surface area contributed by atoms with E-state index in [4.69, 9.17) is 10.00 Å². The Bertz CT molecular complexity index is 641. The van der Waals surface area contributed by atoms with Crippen molar-refractivity contribution in [2.24, 2.45) is 0 Å². The summed E-state index contributed by atoms with van der Waals surface area (Å²) in [7, 11) is -1.27. The molecule has 6 nitrogen and oxygen atoms in total. The lowest BCUT2D eigenvalue weighted by atomic mass is 10.1. The van der Waals surface area contributed by atoms with Gasteiger partial charge in [-0.2, -0.15) is 5.26 Å². The quantitative estimate of drug-likeness (QED) is 0.829. The maximum absolute atomic E-state index is 12.6. The zero-order valence-electron chi connectivity index (χ0n) is 13.6. The molecule has 1 aliphatic rings. The minimum absolute atomic E-state index is 0.0601. The highest BCUT2D eigenvalue weighted by molar-refractivity contribution is 7.85. The molecule has 0 bridgehead atoms. The van der Waals surface area contributed by atoms with Crippen molar-refractivity contribution in [3.63, 3.8) is 0 Å². The maximum atomic E-state index is 12.6. The van der Waals surface area contributed by atoms with Crippen molar-refractivity contribution in [3.05, 3.63) is 23.9 Å². The van der Waals surface area contributed by atoms with Gasteiger partial charge in [-0.3, -0.25) is 4.21 Å². The lowest BCUT2D eigenvalue weighted by Gasteiger charge is -2.32. The minimum Gasteiger partial charge on any atom is -0.444 e. The number of pyridine rings is 1. The van der Waals surface area contributed by atoms with E-state index in [0.29, 0.717) is 36.5 Å². The van der Waals surface area contributed by atoms with Gasteiger partial charge in [-0.25, -0.2) is 9.78 Å². The summed E-state index contributed by atoms with van der Waals surface area (Å²) in [6.07, 6.45) is 2.43. The Labute approximate surface area is 138 Å². The summed E-state index contributed by atoms with van der Waals surface area (Å²) in [6, 6.07) is 5.18. The van der Waals surface area contributed by atoms with Crippen LogP contribution in [0.1, 0.15) is 39.2 Å². The SMILES string of the molecule is CC(C)(C)OC(=O)N1CCC([S@@](=O)c2cc(C#N)ccn2)CC1. The number of nitrogens with zero attached hydrogens (tertiary/aromatic N) is 3. The molecule has 1 aromatic heterocycles. The smallest absolute Gasteiger partial charge is 0.410 e. The molecule has 0 spiro atoms. The molecule has 2 rings (SSSR count). The van der Waals surface area contributed by atoms with E-state index in [1.807, 2.05) is 26.8 Å². The Hall–Kier alpha value is -1.94. The average Bonchev–Trinajstić information content (AvgIpc) is 2.53. The first-order valence-corrected chi connectivity index (χ1v) is 8.76. The second-order valence-corrected chi connectivity index (χ2v) is 8.14. The fourth-order valence-electron chi connectivity index (χ4n) is 2.34. The molecule has 0 unspecified atom stereocenters. The number of rotatable bonds is 2. The Morgan fingerprint density at radius 2 is 2.09 bits per heavy atom. The number of nitriles is 1. The van der Waals surface area contributed by atoms with Crippen molar-refractivity contribution in [1.82, 2.24) is 9.88 Å². The van der Waals surface area contributed by atoms with Crippen LogP contribution in [0.5, 0.6) is 0 Å². The first-order chi connectivity index (χ1) is 10.8. The Kier molecular flexibility index (Phi) is 5.37. The van der Waals surface area contributed by atoms with E-state index in [-0.39, 0.29) is 11.3 Å². The van der Waals surface area contributed by atoms with Crippen molar-refractivity contribution in [3.8, 4) is 6.07 Å². The van der Waals surface area contributed by atoms with Crippen LogP contribution in [0.2, 0.25) is 0 Å². The van der Waals surface area contributed by atoms with Gasteiger partial charge in [0.15, 0.2) is 0 Å². The molecule has 1 amide bonds. The van der Waals surface area contributed by atoms with Gasteiger partial charge < -0.3 is 9.64 Å². The van der Waals surface area contributed by atoms with Gasteiger partial charge in [0.25, 0.3) is 0 Å². The normalized spacial score (nSPS) is 17.4. The fourth-order valence-corrected chi connectivity index (χ4v) is 3.73. The third-order valence-electron chi connectivity index (χ3n) is 3.47. The molecular formula is C16H21N3O3S. The van der Waals surface area contributed by atoms with Crippen molar-refractivity contribution >= 4 is 16.9 Å². The number of hydrogen-bond donors (Lipinski definition) is 0. The van der Waals surface area contributed by atoms with Gasteiger partial charge in [-0.1, -0.05) is 0 Å². The molecule has 23 heavy (non-hydrogen) atoms. The van der Waals surface area contributed by atoms with Crippen LogP contribution in [0, 0.1) is 11.3 Å². The highest BCUT2D eigenvalue weighted by atomic mass is 32.2. The number of aromatic nitrogens is 1. The van der Waals surface area contributed by atoms with Crippen molar-refractivity contribution in [2.45, 2.75) is 49.5 Å². The lowest BCUT2D eigenvalue weighted by Crippen LogP contribution is -2.43. The lowest BCUT2D eigenvalue weighted by molar-refractivity contribution is 0.0218. The summed E-state index contributed by atoms with van der Waals surface area (Å²) in [5.74, 6) is 0. The molecule has 0 N–H and O–H groups in total. The largest absolute Gasteiger partial charge is 0.444 e. The predicted molar refractivity (Wildman–Crippen MR) is 86.2 cm³/mol. The molecular weight excluding hydrogens is 314 g/mol. The van der Waals surface area contributed by atoms with E-state index in [9.17, 15) is 9.00 Å². The number of hydrogen-bond acceptors (Lipinski definition) is 5. The second-order valence-electron chi connectivity index (χ2n) is 6.46. The Morgan fingerprint density at radius 1 is 1.43 bits per heavy atom. The average molecular weight is 335 g/mol. The number of carbonyl (C=O) groups is 1. The van der Waals surface area contributed by atoms with E-state index in [1.54, 1.807) is 17.0 Å². The molecule has 0 saturated carbocycles. The van der Waals surface area contributed by atoms with Gasteiger partial charge >= 0.3 is 6.09 Å². The highest BCUT2D eigenvalue weighted by Gasteiger charge is 2.30. The number of carbonyl (C=O) groups excluding carboxylic acids is 1. The summed E-state index contributed by atoms with van der Waals surface area (Å²) in [6.45, 7) is 6.54. The molecule has 1 aromatic rings. The fraction of sp³-hybridized carbons (Fsp3) is 0.562. The third-order valence-corrected chi connectivity index (χ3v) is 5.18. The number of piperidine rings is 1. The van der Waals surface area contributed by atoms with Crippen LogP contribution in [0.25, 0.3) is 0 Å². The molecule has 2 heterocycles. The molecule has 0 aromatic carbocycles. The van der Waals surface area contributed by atoms with Crippen LogP contribution in [-0.4, -0.2) is 44.1 Å². The zero-order chi connectivity index (χ0) is 17.0. The van der Waals surface area contributed by atoms with Gasteiger partial charge in [0.2, 0.25) is 0 Å². The van der Waals surface area contributed by atoms with Crippen LogP contribution in [-0.2, 0) is 15.5 Å². The summed E-state index contributed by atoms with van der Waals surface area (Å²) in [5.41, 5.74) is -0.0622. The van der Waals surface area contributed by atoms with Gasteiger partial charge in [0.1, 0.15) is 10.6 Å². The molecule has 0 radical (unpaired) electrons. The molecule has 1 atom stereocenters. The molecule has 1 fully saturated rings. The van der Waals surface area contributed by atoms with Crippen molar-refractivity contribution in [2.75, 3.05) is 13.1 Å². The van der Waals surface area contributed by atoms with E-state index in [2.05, 4.69) is 4.98 Å². The topological polar surface area (TPSA) is 83.3 Å². The number of amides is 1. The highest BCUT2D eigenvalue weighted by Crippen LogP contribution is 2.22. The van der Waals surface area contributed by atoms with Crippen LogP contribution < -0.4 is 0 Å². The Morgan fingerprint density at radius 3 is 2.65 bits per heavy atom. The second kappa shape index (κ2) is 7.09. The standard InChI is InChI=1S/C16H21N3O3S/c1-16(2,3)22-15(20)19-8-5-13(6-9-19)23(21)14-10-12(11-17)4-7-18-14/h4,7,10,13H,5-6,8-9H2,1-3H3/t23-/m1/s1.